The van der Waals surface area contributed by atoms with Crippen molar-refractivity contribution in [1.82, 2.24) is 4.31 Å². The Labute approximate surface area is 108 Å². The van der Waals surface area contributed by atoms with E-state index in [-0.39, 0.29) is 6.10 Å². The SMILES string of the molecule is C=CC1CN(S(=O)(=O)c2ccc(C)cc2)CCO1. The second-order valence-corrected chi connectivity index (χ2v) is 6.26. The zero-order chi connectivity index (χ0) is 13.2. The van der Waals surface area contributed by atoms with Crippen LogP contribution in [0.25, 0.3) is 0 Å². The molecule has 0 amide bonds. The van der Waals surface area contributed by atoms with Gasteiger partial charge in [0.25, 0.3) is 0 Å². The highest BCUT2D eigenvalue weighted by Gasteiger charge is 2.29. The van der Waals surface area contributed by atoms with Crippen LogP contribution in [0.5, 0.6) is 0 Å². The van der Waals surface area contributed by atoms with Gasteiger partial charge in [0.15, 0.2) is 0 Å². The summed E-state index contributed by atoms with van der Waals surface area (Å²) in [6.07, 6.45) is 1.41. The zero-order valence-electron chi connectivity index (χ0n) is 10.4. The molecule has 1 fully saturated rings. The lowest BCUT2D eigenvalue weighted by Gasteiger charge is -2.30. The van der Waals surface area contributed by atoms with E-state index in [1.807, 2.05) is 6.92 Å². The van der Waals surface area contributed by atoms with Gasteiger partial charge in [-0.1, -0.05) is 23.8 Å². The summed E-state index contributed by atoms with van der Waals surface area (Å²) in [5, 5.41) is 0. The van der Waals surface area contributed by atoms with Crippen molar-refractivity contribution in [3.05, 3.63) is 42.5 Å². The maximum absolute atomic E-state index is 12.4. The Morgan fingerprint density at radius 3 is 2.67 bits per heavy atom. The van der Waals surface area contributed by atoms with Crippen molar-refractivity contribution in [2.75, 3.05) is 19.7 Å². The standard InChI is InChI=1S/C13H17NO3S/c1-3-12-10-14(8-9-17-12)18(15,16)13-6-4-11(2)5-7-13/h3-7,12H,1,8-10H2,2H3. The summed E-state index contributed by atoms with van der Waals surface area (Å²) in [7, 11) is -3.42. The number of benzene rings is 1. The molecule has 1 saturated heterocycles. The molecule has 0 radical (unpaired) electrons. The van der Waals surface area contributed by atoms with Gasteiger partial charge in [-0.15, -0.1) is 6.58 Å². The molecule has 1 aromatic rings. The summed E-state index contributed by atoms with van der Waals surface area (Å²) in [6, 6.07) is 6.89. The van der Waals surface area contributed by atoms with E-state index in [2.05, 4.69) is 6.58 Å². The van der Waals surface area contributed by atoms with Crippen molar-refractivity contribution >= 4 is 10.0 Å². The van der Waals surface area contributed by atoms with E-state index in [4.69, 9.17) is 4.74 Å². The number of ether oxygens (including phenoxy) is 1. The molecule has 0 aliphatic carbocycles. The van der Waals surface area contributed by atoms with E-state index >= 15 is 0 Å². The predicted octanol–water partition coefficient (Wildman–Crippen LogP) is 1.57. The van der Waals surface area contributed by atoms with E-state index in [1.54, 1.807) is 30.3 Å². The Balaban J connectivity index is 2.25. The first-order chi connectivity index (χ1) is 8.54. The van der Waals surface area contributed by atoms with Gasteiger partial charge < -0.3 is 4.74 Å². The molecule has 4 nitrogen and oxygen atoms in total. The first kappa shape index (κ1) is 13.3. The number of morpholine rings is 1. The summed E-state index contributed by atoms with van der Waals surface area (Å²) in [6.45, 7) is 6.70. The first-order valence-electron chi connectivity index (χ1n) is 5.85. The van der Waals surface area contributed by atoms with Crippen LogP contribution in [-0.2, 0) is 14.8 Å². The van der Waals surface area contributed by atoms with E-state index < -0.39 is 10.0 Å². The molecule has 1 heterocycles. The third-order valence-electron chi connectivity index (χ3n) is 2.98. The average Bonchev–Trinajstić information content (AvgIpc) is 2.39. The van der Waals surface area contributed by atoms with Crippen LogP contribution >= 0.6 is 0 Å². The minimum atomic E-state index is -3.42. The fraction of sp³-hybridized carbons (Fsp3) is 0.385. The van der Waals surface area contributed by atoms with E-state index in [1.165, 1.54) is 4.31 Å². The highest BCUT2D eigenvalue weighted by Crippen LogP contribution is 2.19. The molecule has 1 aliphatic rings. The second kappa shape index (κ2) is 5.22. The molecule has 2 rings (SSSR count). The molecule has 1 aliphatic heterocycles. The predicted molar refractivity (Wildman–Crippen MR) is 69.9 cm³/mol. The van der Waals surface area contributed by atoms with Gasteiger partial charge in [-0.2, -0.15) is 4.31 Å². The van der Waals surface area contributed by atoms with Crippen molar-refractivity contribution in [1.29, 1.82) is 0 Å². The van der Waals surface area contributed by atoms with Gasteiger partial charge in [-0.3, -0.25) is 0 Å². The van der Waals surface area contributed by atoms with Crippen LogP contribution in [0.15, 0.2) is 41.8 Å². The van der Waals surface area contributed by atoms with Crippen LogP contribution in [-0.4, -0.2) is 38.5 Å². The summed E-state index contributed by atoms with van der Waals surface area (Å²) >= 11 is 0. The summed E-state index contributed by atoms with van der Waals surface area (Å²) < 4.78 is 31.6. The summed E-state index contributed by atoms with van der Waals surface area (Å²) in [4.78, 5) is 0.331. The molecule has 98 valence electrons. The normalized spacial score (nSPS) is 21.7. The lowest BCUT2D eigenvalue weighted by Crippen LogP contribution is -2.44. The molecule has 1 atom stereocenters. The number of nitrogens with zero attached hydrogens (tertiary/aromatic N) is 1. The zero-order valence-corrected chi connectivity index (χ0v) is 11.2. The Hall–Kier alpha value is -1.17. The van der Waals surface area contributed by atoms with Crippen LogP contribution in [0, 0.1) is 6.92 Å². The molecular weight excluding hydrogens is 250 g/mol. The molecule has 0 aromatic heterocycles. The Kier molecular flexibility index (Phi) is 3.85. The molecular formula is C13H17NO3S. The molecule has 0 N–H and O–H groups in total. The highest BCUT2D eigenvalue weighted by molar-refractivity contribution is 7.89. The fourth-order valence-electron chi connectivity index (χ4n) is 1.87. The van der Waals surface area contributed by atoms with Gasteiger partial charge in [-0.05, 0) is 19.1 Å². The van der Waals surface area contributed by atoms with Crippen LogP contribution in [0.1, 0.15) is 5.56 Å². The average molecular weight is 267 g/mol. The third kappa shape index (κ3) is 2.63. The largest absolute Gasteiger partial charge is 0.371 e. The smallest absolute Gasteiger partial charge is 0.243 e. The lowest BCUT2D eigenvalue weighted by atomic mass is 10.2. The number of hydrogen-bond donors (Lipinski definition) is 0. The third-order valence-corrected chi connectivity index (χ3v) is 4.86. The molecule has 5 heteroatoms. The molecule has 18 heavy (non-hydrogen) atoms. The van der Waals surface area contributed by atoms with Gasteiger partial charge in [0.2, 0.25) is 10.0 Å². The van der Waals surface area contributed by atoms with Crippen LogP contribution < -0.4 is 0 Å². The first-order valence-corrected chi connectivity index (χ1v) is 7.29. The van der Waals surface area contributed by atoms with Crippen molar-refractivity contribution in [2.24, 2.45) is 0 Å². The van der Waals surface area contributed by atoms with Crippen LogP contribution in [0.3, 0.4) is 0 Å². The van der Waals surface area contributed by atoms with Gasteiger partial charge >= 0.3 is 0 Å². The van der Waals surface area contributed by atoms with Gasteiger partial charge in [0, 0.05) is 13.1 Å². The highest BCUT2D eigenvalue weighted by atomic mass is 32.2. The quantitative estimate of drug-likeness (QED) is 0.781. The Morgan fingerprint density at radius 2 is 2.06 bits per heavy atom. The molecule has 0 bridgehead atoms. The number of rotatable bonds is 3. The maximum atomic E-state index is 12.4. The van der Waals surface area contributed by atoms with Gasteiger partial charge in [0.1, 0.15) is 0 Å². The summed E-state index contributed by atoms with van der Waals surface area (Å²) in [5.74, 6) is 0. The Bertz CT molecular complexity index is 522. The fourth-order valence-corrected chi connectivity index (χ4v) is 3.31. The van der Waals surface area contributed by atoms with Gasteiger partial charge in [0.05, 0.1) is 17.6 Å². The molecule has 1 aromatic carbocycles. The van der Waals surface area contributed by atoms with Crippen LogP contribution in [0.4, 0.5) is 0 Å². The minimum Gasteiger partial charge on any atom is -0.371 e. The van der Waals surface area contributed by atoms with Gasteiger partial charge in [-0.25, -0.2) is 8.42 Å². The van der Waals surface area contributed by atoms with E-state index in [0.29, 0.717) is 24.6 Å². The van der Waals surface area contributed by atoms with Crippen molar-refractivity contribution in [3.63, 3.8) is 0 Å². The van der Waals surface area contributed by atoms with E-state index in [9.17, 15) is 8.42 Å². The summed E-state index contributed by atoms with van der Waals surface area (Å²) in [5.41, 5.74) is 1.04. The Morgan fingerprint density at radius 1 is 1.39 bits per heavy atom. The second-order valence-electron chi connectivity index (χ2n) is 4.32. The van der Waals surface area contributed by atoms with E-state index in [0.717, 1.165) is 5.56 Å². The number of aryl methyl sites for hydroxylation is 1. The monoisotopic (exact) mass is 267 g/mol. The molecule has 1 unspecified atom stereocenters. The van der Waals surface area contributed by atoms with Crippen molar-refractivity contribution < 1.29 is 13.2 Å². The van der Waals surface area contributed by atoms with Crippen molar-refractivity contribution in [3.8, 4) is 0 Å². The number of sulfonamides is 1. The molecule has 0 spiro atoms. The van der Waals surface area contributed by atoms with Crippen molar-refractivity contribution in [2.45, 2.75) is 17.9 Å². The number of hydrogen-bond acceptors (Lipinski definition) is 3. The minimum absolute atomic E-state index is 0.223. The van der Waals surface area contributed by atoms with Crippen LogP contribution in [0.2, 0.25) is 0 Å². The lowest BCUT2D eigenvalue weighted by molar-refractivity contribution is 0.0270. The molecule has 0 saturated carbocycles. The topological polar surface area (TPSA) is 46.6 Å². The maximum Gasteiger partial charge on any atom is 0.243 e.